The molecule has 0 saturated heterocycles. The van der Waals surface area contributed by atoms with E-state index in [-0.39, 0.29) is 30.6 Å². The first-order valence-electron chi connectivity index (χ1n) is 10.7. The number of nitrogens with one attached hydrogen (secondary N) is 3. The topological polar surface area (TPSA) is 258 Å². The van der Waals surface area contributed by atoms with Crippen LogP contribution in [0.4, 0.5) is 0 Å². The maximum atomic E-state index is 12.9. The summed E-state index contributed by atoms with van der Waals surface area (Å²) in [4.78, 5) is 64.0. The third-order valence-electron chi connectivity index (χ3n) is 4.93. The maximum absolute atomic E-state index is 12.9. The summed E-state index contributed by atoms with van der Waals surface area (Å²) in [6, 6.07) is -4.73. The molecule has 4 amide bonds. The van der Waals surface area contributed by atoms with E-state index in [1.807, 2.05) is 0 Å². The minimum Gasteiger partial charge on any atom is -0.480 e. The number of thiol groups is 1. The van der Waals surface area contributed by atoms with Crippen molar-refractivity contribution < 1.29 is 29.1 Å². The standard InChI is InChI=1S/C19H36N8O6S/c1-3-9(2)14(17(31)25-11(18(32)33)5-4-6-24-19(22)23)27-16(30)12(8-34)26-15(29)10(20)7-13(21)28/h9-12,14,34H,3-8,20H2,1-2H3,(H2,21,28)(H,25,31)(H,26,29)(H,27,30)(H,32,33)(H4,22,23,24). The molecule has 0 aromatic heterocycles. The number of aliphatic imine (C=N–C) groups is 1. The van der Waals surface area contributed by atoms with E-state index in [1.54, 1.807) is 13.8 Å². The van der Waals surface area contributed by atoms with Crippen LogP contribution in [0.15, 0.2) is 4.99 Å². The quantitative estimate of drug-likeness (QED) is 0.0442. The van der Waals surface area contributed by atoms with Crippen molar-refractivity contribution in [3.05, 3.63) is 0 Å². The fourth-order valence-corrected chi connectivity index (χ4v) is 3.02. The summed E-state index contributed by atoms with van der Waals surface area (Å²) in [6.45, 7) is 3.69. The first kappa shape index (κ1) is 30.9. The molecular weight excluding hydrogens is 468 g/mol. The number of hydrogen-bond donors (Lipinski definition) is 9. The Morgan fingerprint density at radius 3 is 2.03 bits per heavy atom. The van der Waals surface area contributed by atoms with Crippen molar-refractivity contribution in [2.75, 3.05) is 12.3 Å². The van der Waals surface area contributed by atoms with E-state index in [0.717, 1.165) is 0 Å². The van der Waals surface area contributed by atoms with E-state index in [4.69, 9.17) is 22.9 Å². The van der Waals surface area contributed by atoms with E-state index in [0.29, 0.717) is 12.8 Å². The van der Waals surface area contributed by atoms with Crippen molar-refractivity contribution in [2.45, 2.75) is 63.7 Å². The lowest BCUT2D eigenvalue weighted by Crippen LogP contribution is -2.59. The summed E-state index contributed by atoms with van der Waals surface area (Å²) in [5, 5.41) is 16.8. The van der Waals surface area contributed by atoms with Crippen molar-refractivity contribution in [1.82, 2.24) is 16.0 Å². The molecule has 12 N–H and O–H groups in total. The monoisotopic (exact) mass is 504 g/mol. The van der Waals surface area contributed by atoms with Crippen molar-refractivity contribution >= 4 is 48.2 Å². The van der Waals surface area contributed by atoms with Crippen LogP contribution in [0.3, 0.4) is 0 Å². The van der Waals surface area contributed by atoms with Crippen LogP contribution in [0.2, 0.25) is 0 Å². The van der Waals surface area contributed by atoms with Crippen LogP contribution in [0.1, 0.15) is 39.5 Å². The second-order valence-corrected chi connectivity index (χ2v) is 8.11. The second kappa shape index (κ2) is 15.7. The predicted octanol–water partition coefficient (Wildman–Crippen LogP) is -3.24. The van der Waals surface area contributed by atoms with Crippen molar-refractivity contribution in [3.63, 3.8) is 0 Å². The molecule has 0 aromatic rings. The molecule has 0 heterocycles. The SMILES string of the molecule is CCC(C)C(NC(=O)C(CS)NC(=O)C(N)CC(N)=O)C(=O)NC(CCCN=C(N)N)C(=O)O. The number of carbonyl (C=O) groups is 5. The predicted molar refractivity (Wildman–Crippen MR) is 128 cm³/mol. The molecule has 0 saturated carbocycles. The Morgan fingerprint density at radius 2 is 1.56 bits per heavy atom. The highest BCUT2D eigenvalue weighted by atomic mass is 32.1. The normalized spacial score (nSPS) is 15.1. The molecule has 15 heteroatoms. The van der Waals surface area contributed by atoms with Gasteiger partial charge in [-0.3, -0.25) is 24.2 Å². The molecule has 34 heavy (non-hydrogen) atoms. The van der Waals surface area contributed by atoms with E-state index < -0.39 is 60.2 Å². The van der Waals surface area contributed by atoms with Crippen LogP contribution in [0.25, 0.3) is 0 Å². The average molecular weight is 505 g/mol. The summed E-state index contributed by atoms with van der Waals surface area (Å²) >= 11 is 4.05. The Labute approximate surface area is 203 Å². The Bertz CT molecular complexity index is 761. The van der Waals surface area contributed by atoms with Crippen molar-refractivity contribution in [2.24, 2.45) is 33.8 Å². The van der Waals surface area contributed by atoms with Crippen molar-refractivity contribution in [1.29, 1.82) is 0 Å². The van der Waals surface area contributed by atoms with Gasteiger partial charge in [0.05, 0.1) is 12.5 Å². The zero-order valence-electron chi connectivity index (χ0n) is 19.3. The molecule has 0 aromatic carbocycles. The lowest BCUT2D eigenvalue weighted by Gasteiger charge is -2.27. The number of carboxylic acid groups (broad SMARTS) is 1. The molecule has 0 fully saturated rings. The highest BCUT2D eigenvalue weighted by Crippen LogP contribution is 2.10. The third kappa shape index (κ3) is 11.7. The van der Waals surface area contributed by atoms with E-state index in [2.05, 4.69) is 33.6 Å². The van der Waals surface area contributed by atoms with Gasteiger partial charge in [-0.25, -0.2) is 4.79 Å². The molecule has 0 radical (unpaired) electrons. The number of amides is 4. The minimum absolute atomic E-state index is 0.0616. The molecule has 14 nitrogen and oxygen atoms in total. The molecule has 0 rings (SSSR count). The molecule has 5 atom stereocenters. The number of nitrogens with zero attached hydrogens (tertiary/aromatic N) is 1. The van der Waals surface area contributed by atoms with Gasteiger partial charge in [0, 0.05) is 12.3 Å². The van der Waals surface area contributed by atoms with Crippen LogP contribution < -0.4 is 38.9 Å². The fourth-order valence-electron chi connectivity index (χ4n) is 2.76. The van der Waals surface area contributed by atoms with Gasteiger partial charge in [0.25, 0.3) is 0 Å². The number of hydrogen-bond acceptors (Lipinski definition) is 8. The van der Waals surface area contributed by atoms with E-state index in [1.165, 1.54) is 0 Å². The molecule has 0 aliphatic carbocycles. The largest absolute Gasteiger partial charge is 0.480 e. The van der Waals surface area contributed by atoms with Gasteiger partial charge in [-0.1, -0.05) is 20.3 Å². The van der Waals surface area contributed by atoms with Gasteiger partial charge in [-0.2, -0.15) is 12.6 Å². The highest BCUT2D eigenvalue weighted by Gasteiger charge is 2.32. The van der Waals surface area contributed by atoms with Crippen LogP contribution in [-0.2, 0) is 24.0 Å². The maximum Gasteiger partial charge on any atom is 0.326 e. The number of carboxylic acids is 1. The summed E-state index contributed by atoms with van der Waals surface area (Å²) < 4.78 is 0. The van der Waals surface area contributed by atoms with Gasteiger partial charge >= 0.3 is 5.97 Å². The Morgan fingerprint density at radius 1 is 0.971 bits per heavy atom. The zero-order chi connectivity index (χ0) is 26.4. The molecule has 0 aliphatic rings. The second-order valence-electron chi connectivity index (χ2n) is 7.74. The lowest BCUT2D eigenvalue weighted by molar-refractivity contribution is -0.142. The molecule has 0 aliphatic heterocycles. The van der Waals surface area contributed by atoms with E-state index in [9.17, 15) is 29.1 Å². The number of nitrogens with two attached hydrogens (primary N) is 4. The van der Waals surface area contributed by atoms with Gasteiger partial charge in [0.1, 0.15) is 18.1 Å². The van der Waals surface area contributed by atoms with Crippen LogP contribution in [0.5, 0.6) is 0 Å². The van der Waals surface area contributed by atoms with Gasteiger partial charge in [0.2, 0.25) is 23.6 Å². The number of rotatable bonds is 16. The zero-order valence-corrected chi connectivity index (χ0v) is 20.2. The highest BCUT2D eigenvalue weighted by molar-refractivity contribution is 7.80. The first-order valence-corrected chi connectivity index (χ1v) is 11.3. The Hall–Kier alpha value is -3.07. The van der Waals surface area contributed by atoms with E-state index >= 15 is 0 Å². The molecule has 194 valence electrons. The van der Waals surface area contributed by atoms with Crippen LogP contribution in [-0.4, -0.2) is 77.1 Å². The molecule has 0 bridgehead atoms. The number of guanidine groups is 1. The van der Waals surface area contributed by atoms with Crippen molar-refractivity contribution in [3.8, 4) is 0 Å². The molecule has 0 spiro atoms. The Balaban J connectivity index is 5.30. The summed E-state index contributed by atoms with van der Waals surface area (Å²) in [5.41, 5.74) is 21.1. The summed E-state index contributed by atoms with van der Waals surface area (Å²) in [7, 11) is 0. The fraction of sp³-hybridized carbons (Fsp3) is 0.684. The first-order chi connectivity index (χ1) is 15.8. The third-order valence-corrected chi connectivity index (χ3v) is 5.29. The molecular formula is C19H36N8O6S. The van der Waals surface area contributed by atoms with Crippen LogP contribution >= 0.6 is 12.6 Å². The Kier molecular flexibility index (Phi) is 14.3. The number of carbonyl (C=O) groups excluding carboxylic acids is 4. The number of aliphatic carboxylic acids is 1. The summed E-state index contributed by atoms with van der Waals surface area (Å²) in [6.07, 6.45) is 0.438. The minimum atomic E-state index is -1.25. The summed E-state index contributed by atoms with van der Waals surface area (Å²) in [5.74, 6) is -4.88. The smallest absolute Gasteiger partial charge is 0.326 e. The lowest BCUT2D eigenvalue weighted by atomic mass is 9.97. The molecule has 5 unspecified atom stereocenters. The number of primary amides is 1. The van der Waals surface area contributed by atoms with Gasteiger partial charge in [-0.15, -0.1) is 0 Å². The average Bonchev–Trinajstić information content (AvgIpc) is 2.75. The van der Waals surface area contributed by atoms with Gasteiger partial charge in [0.15, 0.2) is 5.96 Å². The van der Waals surface area contributed by atoms with Gasteiger partial charge < -0.3 is 44.0 Å². The van der Waals surface area contributed by atoms with Crippen LogP contribution in [0, 0.1) is 5.92 Å². The van der Waals surface area contributed by atoms with Gasteiger partial charge in [-0.05, 0) is 18.8 Å².